The number of benzene rings is 3. The molecule has 0 bridgehead atoms. The van der Waals surface area contributed by atoms with Gasteiger partial charge in [0.2, 0.25) is 0 Å². The number of amides is 1. The molecule has 0 aromatic heterocycles. The quantitative estimate of drug-likeness (QED) is 0.423. The van der Waals surface area contributed by atoms with Crippen molar-refractivity contribution in [2.24, 2.45) is 0 Å². The molecule has 4 nitrogen and oxygen atoms in total. The van der Waals surface area contributed by atoms with E-state index >= 15 is 0 Å². The molecule has 0 saturated carbocycles. The number of ether oxygens (including phenoxy) is 1. The minimum atomic E-state index is -0.460. The number of nitrogens with zero attached hydrogens (tertiary/aromatic N) is 1. The number of aryl methyl sites for hydroxylation is 1. The van der Waals surface area contributed by atoms with Crippen molar-refractivity contribution >= 4 is 6.09 Å². The maximum atomic E-state index is 12.4. The molecule has 1 saturated heterocycles. The lowest BCUT2D eigenvalue weighted by Gasteiger charge is -2.35. The molecular formula is C32H37NO3. The Hall–Kier alpha value is -3.27. The molecule has 0 radical (unpaired) electrons. The molecule has 2 atom stereocenters. The first kappa shape index (κ1) is 24.4. The molecule has 1 amide bonds. The van der Waals surface area contributed by atoms with Gasteiger partial charge in [0, 0.05) is 19.0 Å². The van der Waals surface area contributed by atoms with E-state index in [4.69, 9.17) is 4.74 Å². The van der Waals surface area contributed by atoms with E-state index in [0.29, 0.717) is 17.6 Å². The number of carbonyl (C=O) groups excluding carboxylic acids is 1. The average Bonchev–Trinajstić information content (AvgIpc) is 2.87. The second kappa shape index (κ2) is 10.0. The number of rotatable bonds is 3. The largest absolute Gasteiger partial charge is 0.508 e. The van der Waals surface area contributed by atoms with Crippen molar-refractivity contribution in [2.45, 2.75) is 69.8 Å². The van der Waals surface area contributed by atoms with Crippen LogP contribution in [-0.4, -0.2) is 34.8 Å². The Kier molecular flexibility index (Phi) is 6.79. The molecule has 0 spiro atoms. The van der Waals surface area contributed by atoms with Crippen molar-refractivity contribution < 1.29 is 14.6 Å². The standard InChI is InChI=1S/C32H37NO3/c1-32(2,3)36-31(35)33-19-17-23(18-20-33)22-9-11-25(12-10-22)30-28(24-7-5-4-6-8-24)15-13-26-21-27(34)14-16-29(26)30/h4-12,14,16,21,23,28,30,34H,13,15,17-20H2,1-3H3. The molecule has 188 valence electrons. The van der Waals surface area contributed by atoms with Crippen molar-refractivity contribution in [3.8, 4) is 5.75 Å². The third-order valence-corrected chi connectivity index (χ3v) is 7.73. The van der Waals surface area contributed by atoms with Gasteiger partial charge in [-0.2, -0.15) is 0 Å². The SMILES string of the molecule is CC(C)(C)OC(=O)N1CCC(c2ccc(C3c4ccc(O)cc4CCC3c3ccccc3)cc2)CC1. The predicted molar refractivity (Wildman–Crippen MR) is 144 cm³/mol. The van der Waals surface area contributed by atoms with Crippen molar-refractivity contribution in [2.75, 3.05) is 13.1 Å². The highest BCUT2D eigenvalue weighted by Gasteiger charge is 2.33. The lowest BCUT2D eigenvalue weighted by molar-refractivity contribution is 0.0205. The van der Waals surface area contributed by atoms with E-state index < -0.39 is 5.60 Å². The molecule has 36 heavy (non-hydrogen) atoms. The van der Waals surface area contributed by atoms with Crippen LogP contribution in [-0.2, 0) is 11.2 Å². The van der Waals surface area contributed by atoms with Gasteiger partial charge in [-0.25, -0.2) is 4.79 Å². The molecule has 2 aliphatic rings. The van der Waals surface area contributed by atoms with Gasteiger partial charge in [0.25, 0.3) is 0 Å². The summed E-state index contributed by atoms with van der Waals surface area (Å²) >= 11 is 0. The zero-order valence-corrected chi connectivity index (χ0v) is 21.6. The zero-order chi connectivity index (χ0) is 25.3. The molecule has 1 heterocycles. The second-order valence-electron chi connectivity index (χ2n) is 11.3. The molecule has 3 aromatic rings. The Bertz CT molecular complexity index is 1190. The van der Waals surface area contributed by atoms with Crippen LogP contribution < -0.4 is 0 Å². The number of piperidine rings is 1. The van der Waals surface area contributed by atoms with Crippen LogP contribution in [0.5, 0.6) is 5.75 Å². The van der Waals surface area contributed by atoms with Crippen molar-refractivity contribution in [1.29, 1.82) is 0 Å². The topological polar surface area (TPSA) is 49.8 Å². The van der Waals surface area contributed by atoms with E-state index in [-0.39, 0.29) is 12.0 Å². The summed E-state index contributed by atoms with van der Waals surface area (Å²) in [4.78, 5) is 14.3. The van der Waals surface area contributed by atoms with Crippen molar-refractivity contribution in [3.05, 3.63) is 101 Å². The number of hydrogen-bond acceptors (Lipinski definition) is 3. The van der Waals surface area contributed by atoms with E-state index in [0.717, 1.165) is 38.8 Å². The Morgan fingerprint density at radius 3 is 2.19 bits per heavy atom. The smallest absolute Gasteiger partial charge is 0.410 e. The molecular weight excluding hydrogens is 446 g/mol. The number of hydrogen-bond donors (Lipinski definition) is 1. The Morgan fingerprint density at radius 1 is 0.861 bits per heavy atom. The van der Waals surface area contributed by atoms with E-state index in [1.165, 1.54) is 27.8 Å². The maximum absolute atomic E-state index is 12.4. The molecule has 2 unspecified atom stereocenters. The molecule has 1 aliphatic heterocycles. The van der Waals surface area contributed by atoms with Gasteiger partial charge >= 0.3 is 6.09 Å². The van der Waals surface area contributed by atoms with Crippen LogP contribution in [0, 0.1) is 0 Å². The fraction of sp³-hybridized carbons (Fsp3) is 0.406. The number of fused-ring (bicyclic) bond motifs is 1. The predicted octanol–water partition coefficient (Wildman–Crippen LogP) is 7.37. The summed E-state index contributed by atoms with van der Waals surface area (Å²) in [6, 6.07) is 25.9. The van der Waals surface area contributed by atoms with E-state index in [9.17, 15) is 9.90 Å². The average molecular weight is 484 g/mol. The molecule has 3 aromatic carbocycles. The van der Waals surface area contributed by atoms with Crippen LogP contribution >= 0.6 is 0 Å². The first-order valence-electron chi connectivity index (χ1n) is 13.2. The monoisotopic (exact) mass is 483 g/mol. The van der Waals surface area contributed by atoms with Gasteiger partial charge in [0.1, 0.15) is 11.4 Å². The summed E-state index contributed by atoms with van der Waals surface area (Å²) in [5.41, 5.74) is 6.17. The van der Waals surface area contributed by atoms with Crippen LogP contribution in [0.1, 0.15) is 85.6 Å². The fourth-order valence-corrected chi connectivity index (χ4v) is 5.98. The van der Waals surface area contributed by atoms with Crippen LogP contribution in [0.3, 0.4) is 0 Å². The summed E-state index contributed by atoms with van der Waals surface area (Å²) < 4.78 is 5.55. The van der Waals surface area contributed by atoms with Crippen LogP contribution in [0.2, 0.25) is 0 Å². The summed E-state index contributed by atoms with van der Waals surface area (Å²) in [7, 11) is 0. The molecule has 5 rings (SSSR count). The van der Waals surface area contributed by atoms with Gasteiger partial charge in [-0.3, -0.25) is 0 Å². The first-order chi connectivity index (χ1) is 17.3. The van der Waals surface area contributed by atoms with Gasteiger partial charge in [0.05, 0.1) is 0 Å². The Balaban J connectivity index is 1.35. The van der Waals surface area contributed by atoms with Crippen molar-refractivity contribution in [3.63, 3.8) is 0 Å². The molecule has 4 heteroatoms. The van der Waals surface area contributed by atoms with Crippen LogP contribution in [0.4, 0.5) is 4.79 Å². The summed E-state index contributed by atoms with van der Waals surface area (Å²) in [6.07, 6.45) is 3.75. The normalized spacial score (nSPS) is 20.6. The number of aromatic hydroxyl groups is 1. The van der Waals surface area contributed by atoms with E-state index in [2.05, 4.69) is 60.7 Å². The fourth-order valence-electron chi connectivity index (χ4n) is 5.98. The lowest BCUT2D eigenvalue weighted by atomic mass is 9.69. The van der Waals surface area contributed by atoms with E-state index in [1.54, 1.807) is 0 Å². The van der Waals surface area contributed by atoms with Crippen LogP contribution in [0.15, 0.2) is 72.8 Å². The summed E-state index contributed by atoms with van der Waals surface area (Å²) in [5.74, 6) is 1.47. The van der Waals surface area contributed by atoms with Gasteiger partial charge in [-0.15, -0.1) is 0 Å². The molecule has 1 aliphatic carbocycles. The minimum absolute atomic E-state index is 0.203. The number of phenolic OH excluding ortho intramolecular Hbond substituents is 1. The second-order valence-corrected chi connectivity index (χ2v) is 11.3. The van der Waals surface area contributed by atoms with Gasteiger partial charge in [-0.1, -0.05) is 60.7 Å². The van der Waals surface area contributed by atoms with E-state index in [1.807, 2.05) is 37.8 Å². The number of phenols is 1. The third kappa shape index (κ3) is 5.28. The first-order valence-corrected chi connectivity index (χ1v) is 13.2. The highest BCUT2D eigenvalue weighted by Crippen LogP contribution is 2.47. The highest BCUT2D eigenvalue weighted by atomic mass is 16.6. The molecule has 1 N–H and O–H groups in total. The Labute approximate surface area is 214 Å². The van der Waals surface area contributed by atoms with Gasteiger partial charge in [0.15, 0.2) is 0 Å². The van der Waals surface area contributed by atoms with Crippen molar-refractivity contribution in [1.82, 2.24) is 4.90 Å². The summed E-state index contributed by atoms with van der Waals surface area (Å²) in [5, 5.41) is 10.1. The minimum Gasteiger partial charge on any atom is -0.508 e. The molecule has 1 fully saturated rings. The van der Waals surface area contributed by atoms with Gasteiger partial charge < -0.3 is 14.7 Å². The lowest BCUT2D eigenvalue weighted by Crippen LogP contribution is -2.41. The zero-order valence-electron chi connectivity index (χ0n) is 21.6. The highest BCUT2D eigenvalue weighted by molar-refractivity contribution is 5.68. The van der Waals surface area contributed by atoms with Crippen LogP contribution in [0.25, 0.3) is 0 Å². The number of carbonyl (C=O) groups is 1. The Morgan fingerprint density at radius 2 is 1.53 bits per heavy atom. The number of likely N-dealkylation sites (tertiary alicyclic amines) is 1. The third-order valence-electron chi connectivity index (χ3n) is 7.73. The maximum Gasteiger partial charge on any atom is 0.410 e. The van der Waals surface area contributed by atoms with Gasteiger partial charge in [-0.05, 0) is 98.2 Å². The summed E-state index contributed by atoms with van der Waals surface area (Å²) in [6.45, 7) is 7.20.